The van der Waals surface area contributed by atoms with Gasteiger partial charge in [0.25, 0.3) is 0 Å². The van der Waals surface area contributed by atoms with E-state index in [-0.39, 0.29) is 5.91 Å². The molecule has 1 aliphatic heterocycles. The van der Waals surface area contributed by atoms with Crippen LogP contribution < -0.4 is 5.32 Å². The summed E-state index contributed by atoms with van der Waals surface area (Å²) in [5.74, 6) is -0.0837. The largest absolute Gasteiger partial charge is 0.379 e. The zero-order valence-electron chi connectivity index (χ0n) is 17.7. The average Bonchev–Trinajstić information content (AvgIpc) is 3.30. The minimum atomic E-state index is -0.0837. The number of hydrogen-bond donors (Lipinski definition) is 2. The van der Waals surface area contributed by atoms with Crippen molar-refractivity contribution < 1.29 is 9.53 Å². The number of carbonyl (C=O) groups excluding carboxylic acids is 1. The third-order valence-electron chi connectivity index (χ3n) is 5.39. The molecule has 4 aromatic rings. The highest BCUT2D eigenvalue weighted by Gasteiger charge is 2.17. The molecule has 0 spiro atoms. The van der Waals surface area contributed by atoms with Gasteiger partial charge in [-0.3, -0.25) is 24.8 Å². The Hall–Kier alpha value is -3.69. The van der Waals surface area contributed by atoms with E-state index in [0.717, 1.165) is 41.4 Å². The molecule has 1 amide bonds. The molecule has 2 N–H and O–H groups in total. The van der Waals surface area contributed by atoms with Gasteiger partial charge in [0, 0.05) is 30.5 Å². The molecule has 4 aromatic heterocycles. The van der Waals surface area contributed by atoms with Crippen LogP contribution in [0.4, 0.5) is 5.69 Å². The van der Waals surface area contributed by atoms with Crippen LogP contribution in [0.2, 0.25) is 0 Å². The molecule has 0 aromatic carbocycles. The summed E-state index contributed by atoms with van der Waals surface area (Å²) in [7, 11) is 0. The van der Waals surface area contributed by atoms with E-state index >= 15 is 0 Å². The van der Waals surface area contributed by atoms with Gasteiger partial charge in [-0.1, -0.05) is 6.07 Å². The minimum absolute atomic E-state index is 0.0837. The Morgan fingerprint density at radius 3 is 2.84 bits per heavy atom. The number of aromatic amines is 1. The molecule has 9 heteroatoms. The van der Waals surface area contributed by atoms with E-state index in [4.69, 9.17) is 9.72 Å². The number of amides is 1. The van der Waals surface area contributed by atoms with Gasteiger partial charge in [-0.05, 0) is 37.3 Å². The number of H-pyrrole nitrogens is 1. The van der Waals surface area contributed by atoms with Crippen LogP contribution in [0, 0.1) is 6.92 Å². The Morgan fingerprint density at radius 1 is 1.12 bits per heavy atom. The van der Waals surface area contributed by atoms with E-state index in [1.165, 1.54) is 0 Å². The number of nitrogens with one attached hydrogen (secondary N) is 2. The molecule has 1 saturated heterocycles. The highest BCUT2D eigenvalue weighted by Crippen LogP contribution is 2.30. The summed E-state index contributed by atoms with van der Waals surface area (Å²) in [5.41, 5.74) is 6.03. The lowest BCUT2D eigenvalue weighted by molar-refractivity contribution is -0.118. The van der Waals surface area contributed by atoms with Crippen molar-refractivity contribution in [1.82, 2.24) is 30.0 Å². The molecule has 32 heavy (non-hydrogen) atoms. The summed E-state index contributed by atoms with van der Waals surface area (Å²) in [6, 6.07) is 11.4. The molecule has 0 bridgehead atoms. The fourth-order valence-corrected chi connectivity index (χ4v) is 3.79. The van der Waals surface area contributed by atoms with Crippen LogP contribution in [-0.4, -0.2) is 68.8 Å². The van der Waals surface area contributed by atoms with Gasteiger partial charge in [-0.25, -0.2) is 4.98 Å². The number of ether oxygens (including phenoxy) is 1. The van der Waals surface area contributed by atoms with E-state index in [1.807, 2.05) is 37.3 Å². The van der Waals surface area contributed by atoms with Gasteiger partial charge in [-0.2, -0.15) is 5.10 Å². The molecular weight excluding hydrogens is 406 g/mol. The highest BCUT2D eigenvalue weighted by atomic mass is 16.5. The van der Waals surface area contributed by atoms with Gasteiger partial charge < -0.3 is 10.1 Å². The van der Waals surface area contributed by atoms with E-state index < -0.39 is 0 Å². The summed E-state index contributed by atoms with van der Waals surface area (Å²) < 4.78 is 5.35. The summed E-state index contributed by atoms with van der Waals surface area (Å²) in [5, 5.41) is 10.2. The second kappa shape index (κ2) is 8.81. The summed E-state index contributed by atoms with van der Waals surface area (Å²) in [6.07, 6.45) is 3.41. The molecule has 0 aliphatic carbocycles. The second-order valence-electron chi connectivity index (χ2n) is 7.68. The number of aryl methyl sites for hydroxylation is 1. The van der Waals surface area contributed by atoms with Gasteiger partial charge >= 0.3 is 0 Å². The van der Waals surface area contributed by atoms with Crippen molar-refractivity contribution in [3.05, 3.63) is 54.5 Å². The number of anilines is 1. The fraction of sp³-hybridized carbons (Fsp3) is 0.261. The third-order valence-corrected chi connectivity index (χ3v) is 5.39. The zero-order chi connectivity index (χ0) is 21.9. The van der Waals surface area contributed by atoms with Crippen molar-refractivity contribution in [2.24, 2.45) is 0 Å². The molecular formula is C23H23N7O2. The molecule has 0 saturated carbocycles. The Kier molecular flexibility index (Phi) is 5.57. The maximum atomic E-state index is 12.6. The average molecular weight is 429 g/mol. The van der Waals surface area contributed by atoms with E-state index in [2.05, 4.69) is 30.4 Å². The SMILES string of the molecule is Cc1cccc(-c2[nH]ncc2-c2ccc3nccc(NC(=O)CN4CCOCC4)c3n2)n1. The number of hydrogen-bond acceptors (Lipinski definition) is 7. The minimum Gasteiger partial charge on any atom is -0.379 e. The van der Waals surface area contributed by atoms with Crippen molar-refractivity contribution in [2.75, 3.05) is 38.2 Å². The third kappa shape index (κ3) is 4.20. The lowest BCUT2D eigenvalue weighted by Crippen LogP contribution is -2.41. The molecule has 5 heterocycles. The number of aromatic nitrogens is 5. The van der Waals surface area contributed by atoms with Gasteiger partial charge in [0.2, 0.25) is 5.91 Å². The van der Waals surface area contributed by atoms with Crippen LogP contribution in [0.5, 0.6) is 0 Å². The van der Waals surface area contributed by atoms with Gasteiger partial charge in [-0.15, -0.1) is 0 Å². The smallest absolute Gasteiger partial charge is 0.238 e. The van der Waals surface area contributed by atoms with Crippen molar-refractivity contribution >= 4 is 22.6 Å². The molecule has 1 aliphatic rings. The zero-order valence-corrected chi connectivity index (χ0v) is 17.7. The quantitative estimate of drug-likeness (QED) is 0.502. The van der Waals surface area contributed by atoms with Crippen LogP contribution in [0.25, 0.3) is 33.7 Å². The monoisotopic (exact) mass is 429 g/mol. The number of rotatable bonds is 5. The second-order valence-corrected chi connectivity index (χ2v) is 7.68. The van der Waals surface area contributed by atoms with Crippen molar-refractivity contribution in [2.45, 2.75) is 6.92 Å². The molecule has 0 unspecified atom stereocenters. The first-order valence-corrected chi connectivity index (χ1v) is 10.5. The van der Waals surface area contributed by atoms with Crippen molar-refractivity contribution in [3.8, 4) is 22.6 Å². The lowest BCUT2D eigenvalue weighted by atomic mass is 10.1. The molecule has 9 nitrogen and oxygen atoms in total. The van der Waals surface area contributed by atoms with Crippen LogP contribution >= 0.6 is 0 Å². The predicted octanol–water partition coefficient (Wildman–Crippen LogP) is 2.66. The van der Waals surface area contributed by atoms with Crippen LogP contribution in [0.15, 0.2) is 48.8 Å². The number of fused-ring (bicyclic) bond motifs is 1. The Balaban J connectivity index is 1.46. The summed E-state index contributed by atoms with van der Waals surface area (Å²) in [6.45, 7) is 5.08. The predicted molar refractivity (Wildman–Crippen MR) is 121 cm³/mol. The fourth-order valence-electron chi connectivity index (χ4n) is 3.79. The van der Waals surface area contributed by atoms with Crippen LogP contribution in [-0.2, 0) is 9.53 Å². The Labute approximate surface area is 184 Å². The Morgan fingerprint density at radius 2 is 2.00 bits per heavy atom. The van der Waals surface area contributed by atoms with E-state index in [1.54, 1.807) is 18.5 Å². The first kappa shape index (κ1) is 20.2. The number of morpholine rings is 1. The van der Waals surface area contributed by atoms with Gasteiger partial charge in [0.05, 0.1) is 54.2 Å². The van der Waals surface area contributed by atoms with Crippen molar-refractivity contribution in [3.63, 3.8) is 0 Å². The van der Waals surface area contributed by atoms with E-state index in [9.17, 15) is 4.79 Å². The van der Waals surface area contributed by atoms with Crippen molar-refractivity contribution in [1.29, 1.82) is 0 Å². The molecule has 0 radical (unpaired) electrons. The normalized spacial score (nSPS) is 14.5. The van der Waals surface area contributed by atoms with Crippen LogP contribution in [0.1, 0.15) is 5.69 Å². The molecule has 162 valence electrons. The van der Waals surface area contributed by atoms with Gasteiger partial charge in [0.1, 0.15) is 5.52 Å². The number of nitrogens with zero attached hydrogens (tertiary/aromatic N) is 5. The van der Waals surface area contributed by atoms with Gasteiger partial charge in [0.15, 0.2) is 0 Å². The highest BCUT2D eigenvalue weighted by molar-refractivity contribution is 6.00. The first-order valence-electron chi connectivity index (χ1n) is 10.5. The number of pyridine rings is 3. The molecule has 0 atom stereocenters. The lowest BCUT2D eigenvalue weighted by Gasteiger charge is -2.25. The topological polar surface area (TPSA) is 109 Å². The molecule has 5 rings (SSSR count). The van der Waals surface area contributed by atoms with Crippen LogP contribution in [0.3, 0.4) is 0 Å². The standard InChI is InChI=1S/C23H23N7O2/c1-15-3-2-4-19(26-15)22-16(13-25-29-22)17-5-6-18-23(28-17)20(7-8-24-18)27-21(31)14-30-9-11-32-12-10-30/h2-8,13H,9-12,14H2,1H3,(H,25,29)(H,24,27,31). The van der Waals surface area contributed by atoms with E-state index in [0.29, 0.717) is 36.5 Å². The maximum Gasteiger partial charge on any atom is 0.238 e. The Bertz CT molecular complexity index is 1260. The summed E-state index contributed by atoms with van der Waals surface area (Å²) in [4.78, 5) is 28.5. The molecule has 1 fully saturated rings. The number of carbonyl (C=O) groups is 1. The first-order chi connectivity index (χ1) is 15.7. The summed E-state index contributed by atoms with van der Waals surface area (Å²) >= 11 is 0. The maximum absolute atomic E-state index is 12.6.